The Hall–Kier alpha value is -3.12. The number of nitro benzene ring substituents is 1. The van der Waals surface area contributed by atoms with Crippen LogP contribution in [0, 0.1) is 10.1 Å². The lowest BCUT2D eigenvalue weighted by molar-refractivity contribution is -0.388. The number of hydrogen-bond donors (Lipinski definition) is 0. The van der Waals surface area contributed by atoms with E-state index in [1.54, 1.807) is 11.0 Å². The van der Waals surface area contributed by atoms with E-state index >= 15 is 0 Å². The summed E-state index contributed by atoms with van der Waals surface area (Å²) in [6.07, 6.45) is -5.04. The molecule has 0 N–H and O–H groups in total. The summed E-state index contributed by atoms with van der Waals surface area (Å²) < 4.78 is 49.6. The number of amides is 1. The lowest BCUT2D eigenvalue weighted by Crippen LogP contribution is -2.49. The molecule has 1 heterocycles. The number of morpholine rings is 1. The highest BCUT2D eigenvalue weighted by Gasteiger charge is 2.33. The number of nitrogens with zero attached hydrogens (tertiary/aromatic N) is 2. The van der Waals surface area contributed by atoms with E-state index in [-0.39, 0.29) is 33.5 Å². The Morgan fingerprint density at radius 3 is 2.41 bits per heavy atom. The van der Waals surface area contributed by atoms with Gasteiger partial charge >= 0.3 is 12.1 Å². The summed E-state index contributed by atoms with van der Waals surface area (Å²) in [6.45, 7) is 3.89. The minimum Gasteiger partial charge on any atom is -0.452 e. The van der Waals surface area contributed by atoms with E-state index in [0.717, 1.165) is 23.9 Å². The second kappa shape index (κ2) is 10.4. The first-order valence-electron chi connectivity index (χ1n) is 10.2. The van der Waals surface area contributed by atoms with Crippen LogP contribution in [0.25, 0.3) is 0 Å². The van der Waals surface area contributed by atoms with Gasteiger partial charge in [0, 0.05) is 24.1 Å². The fourth-order valence-corrected chi connectivity index (χ4v) is 4.46. The van der Waals surface area contributed by atoms with Crippen molar-refractivity contribution in [3.63, 3.8) is 0 Å². The van der Waals surface area contributed by atoms with E-state index < -0.39 is 34.9 Å². The zero-order chi connectivity index (χ0) is 25.0. The van der Waals surface area contributed by atoms with Gasteiger partial charge in [-0.15, -0.1) is 0 Å². The Bertz CT molecular complexity index is 1080. The zero-order valence-corrected chi connectivity index (χ0v) is 19.0. The maximum absolute atomic E-state index is 13.0. The molecule has 2 aromatic rings. The molecule has 3 rings (SSSR count). The molecule has 1 saturated heterocycles. The predicted octanol–water partition coefficient (Wildman–Crippen LogP) is 4.56. The number of alkyl halides is 3. The molecule has 0 bridgehead atoms. The van der Waals surface area contributed by atoms with Crippen LogP contribution in [-0.4, -0.2) is 53.6 Å². The summed E-state index contributed by atoms with van der Waals surface area (Å²) in [4.78, 5) is 37.3. The van der Waals surface area contributed by atoms with E-state index in [1.807, 2.05) is 13.8 Å². The van der Waals surface area contributed by atoms with Gasteiger partial charge in [-0.25, -0.2) is 4.79 Å². The fraction of sp³-hybridized carbons (Fsp3) is 0.364. The van der Waals surface area contributed by atoms with Crippen LogP contribution in [0.15, 0.2) is 52.3 Å². The SMILES string of the molecule is C[C@H]1CN(C(=O)COC(=O)c2ccccc2Sc2ccc(C(F)(F)F)cc2[N+](=O)[O-])C[C@H](C)O1. The molecule has 2 atom stereocenters. The third kappa shape index (κ3) is 6.26. The second-order valence-corrected chi connectivity index (χ2v) is 8.75. The quantitative estimate of drug-likeness (QED) is 0.327. The van der Waals surface area contributed by atoms with Gasteiger partial charge in [0.1, 0.15) is 0 Å². The van der Waals surface area contributed by atoms with Crippen LogP contribution in [0.1, 0.15) is 29.8 Å². The summed E-state index contributed by atoms with van der Waals surface area (Å²) in [5.74, 6) is -1.22. The average Bonchev–Trinajstić information content (AvgIpc) is 2.76. The highest BCUT2D eigenvalue weighted by Crippen LogP contribution is 2.40. The number of carbonyl (C=O) groups excluding carboxylic acids is 2. The number of ether oxygens (including phenoxy) is 2. The molecule has 8 nitrogen and oxygen atoms in total. The van der Waals surface area contributed by atoms with Crippen molar-refractivity contribution >= 4 is 29.3 Å². The maximum atomic E-state index is 13.0. The average molecular weight is 498 g/mol. The monoisotopic (exact) mass is 498 g/mol. The van der Waals surface area contributed by atoms with E-state index in [2.05, 4.69) is 0 Å². The summed E-state index contributed by atoms with van der Waals surface area (Å²) in [5, 5.41) is 11.4. The van der Waals surface area contributed by atoms with Gasteiger partial charge < -0.3 is 14.4 Å². The third-order valence-corrected chi connectivity index (χ3v) is 6.05. The van der Waals surface area contributed by atoms with Crippen molar-refractivity contribution in [3.05, 3.63) is 63.7 Å². The van der Waals surface area contributed by atoms with Gasteiger partial charge in [-0.05, 0) is 38.1 Å². The third-order valence-electron chi connectivity index (χ3n) is 4.91. The van der Waals surface area contributed by atoms with Crippen molar-refractivity contribution in [2.75, 3.05) is 19.7 Å². The molecule has 182 valence electrons. The highest BCUT2D eigenvalue weighted by atomic mass is 32.2. The van der Waals surface area contributed by atoms with Crippen molar-refractivity contribution in [1.29, 1.82) is 0 Å². The Morgan fingerprint density at radius 1 is 1.15 bits per heavy atom. The van der Waals surface area contributed by atoms with E-state index in [1.165, 1.54) is 18.2 Å². The molecule has 0 spiro atoms. The van der Waals surface area contributed by atoms with Crippen LogP contribution in [-0.2, 0) is 20.4 Å². The van der Waals surface area contributed by atoms with Crippen LogP contribution >= 0.6 is 11.8 Å². The number of nitro groups is 1. The first-order valence-corrected chi connectivity index (χ1v) is 11.0. The number of halogens is 3. The molecule has 2 aromatic carbocycles. The molecule has 1 fully saturated rings. The van der Waals surface area contributed by atoms with Crippen LogP contribution in [0.5, 0.6) is 0 Å². The molecular formula is C22H21F3N2O6S. The molecule has 0 radical (unpaired) electrons. The minimum absolute atomic E-state index is 0.0261. The van der Waals surface area contributed by atoms with Crippen LogP contribution in [0.3, 0.4) is 0 Å². The molecule has 12 heteroatoms. The Kier molecular flexibility index (Phi) is 7.82. The first-order chi connectivity index (χ1) is 16.0. The van der Waals surface area contributed by atoms with E-state index in [0.29, 0.717) is 19.2 Å². The molecule has 1 amide bonds. The zero-order valence-electron chi connectivity index (χ0n) is 18.2. The lowest BCUT2D eigenvalue weighted by Gasteiger charge is -2.35. The van der Waals surface area contributed by atoms with Gasteiger partial charge in [0.15, 0.2) is 6.61 Å². The van der Waals surface area contributed by atoms with Gasteiger partial charge in [0.2, 0.25) is 0 Å². The number of carbonyl (C=O) groups is 2. The Balaban J connectivity index is 1.75. The topological polar surface area (TPSA) is 99.0 Å². The van der Waals surface area contributed by atoms with Gasteiger partial charge in [-0.3, -0.25) is 14.9 Å². The van der Waals surface area contributed by atoms with Gasteiger partial charge in [-0.2, -0.15) is 13.2 Å². The van der Waals surface area contributed by atoms with Crippen LogP contribution in [0.2, 0.25) is 0 Å². The van der Waals surface area contributed by atoms with Crippen LogP contribution in [0.4, 0.5) is 18.9 Å². The van der Waals surface area contributed by atoms with Crippen molar-refractivity contribution in [3.8, 4) is 0 Å². The standard InChI is InChI=1S/C22H21F3N2O6S/c1-13-10-26(11-14(2)33-13)20(28)12-32-21(29)16-5-3-4-6-18(16)34-19-8-7-15(22(23,24)25)9-17(19)27(30)31/h3-9,13-14H,10-12H2,1-2H3/t13-,14-/m0/s1. The number of hydrogen-bond acceptors (Lipinski definition) is 7. The number of rotatable bonds is 6. The summed E-state index contributed by atoms with van der Waals surface area (Å²) >= 11 is 0.758. The minimum atomic E-state index is -4.74. The number of benzene rings is 2. The van der Waals surface area contributed by atoms with Crippen molar-refractivity contribution in [2.45, 2.75) is 42.0 Å². The fourth-order valence-electron chi connectivity index (χ4n) is 3.44. The molecular weight excluding hydrogens is 477 g/mol. The van der Waals surface area contributed by atoms with Crippen molar-refractivity contribution in [2.24, 2.45) is 0 Å². The molecule has 0 aromatic heterocycles. The van der Waals surface area contributed by atoms with Gasteiger partial charge in [-0.1, -0.05) is 23.9 Å². The Morgan fingerprint density at radius 2 is 1.79 bits per heavy atom. The molecule has 0 aliphatic carbocycles. The molecule has 0 unspecified atom stereocenters. The summed E-state index contributed by atoms with van der Waals surface area (Å²) in [5.41, 5.74) is -1.87. The van der Waals surface area contributed by atoms with E-state index in [4.69, 9.17) is 9.47 Å². The van der Waals surface area contributed by atoms with E-state index in [9.17, 15) is 32.9 Å². The second-order valence-electron chi connectivity index (χ2n) is 7.67. The van der Waals surface area contributed by atoms with Gasteiger partial charge in [0.25, 0.3) is 11.6 Å². The highest BCUT2D eigenvalue weighted by molar-refractivity contribution is 7.99. The summed E-state index contributed by atoms with van der Waals surface area (Å²) in [7, 11) is 0. The van der Waals surface area contributed by atoms with Crippen molar-refractivity contribution in [1.82, 2.24) is 4.90 Å². The first kappa shape index (κ1) is 25.5. The summed E-state index contributed by atoms with van der Waals surface area (Å²) in [6, 6.07) is 8.16. The van der Waals surface area contributed by atoms with Crippen LogP contribution < -0.4 is 0 Å². The van der Waals surface area contributed by atoms with Gasteiger partial charge in [0.05, 0.1) is 33.2 Å². The predicted molar refractivity (Wildman–Crippen MR) is 116 cm³/mol. The molecule has 0 saturated carbocycles. The smallest absolute Gasteiger partial charge is 0.416 e. The Labute approximate surface area is 197 Å². The molecule has 1 aliphatic rings. The van der Waals surface area contributed by atoms with Crippen molar-refractivity contribution < 1.29 is 37.2 Å². The maximum Gasteiger partial charge on any atom is 0.416 e. The largest absolute Gasteiger partial charge is 0.452 e. The lowest BCUT2D eigenvalue weighted by atomic mass is 10.2. The molecule has 34 heavy (non-hydrogen) atoms. The normalized spacial score (nSPS) is 18.4. The number of esters is 1. The molecule has 1 aliphatic heterocycles.